The summed E-state index contributed by atoms with van der Waals surface area (Å²) >= 11 is 0.965. The molecule has 2 aromatic rings. The Labute approximate surface area is 122 Å². The highest BCUT2D eigenvalue weighted by Crippen LogP contribution is 2.39. The van der Waals surface area contributed by atoms with Crippen LogP contribution in [-0.4, -0.2) is 9.91 Å². The number of aromatic nitrogens is 1. The quantitative estimate of drug-likeness (QED) is 0.479. The maximum atomic E-state index is 13.0. The minimum Gasteiger partial charge on any atom is -0.264 e. The second-order valence-electron chi connectivity index (χ2n) is 4.09. The molecular weight excluding hydrogens is 305 g/mol. The van der Waals surface area contributed by atoms with Gasteiger partial charge in [-0.05, 0) is 17.7 Å². The number of rotatable bonds is 4. The van der Waals surface area contributed by atoms with Crippen molar-refractivity contribution in [3.8, 4) is 0 Å². The van der Waals surface area contributed by atoms with Crippen LogP contribution >= 0.6 is 11.8 Å². The van der Waals surface area contributed by atoms with Gasteiger partial charge >= 0.3 is 6.18 Å². The van der Waals surface area contributed by atoms with E-state index in [0.29, 0.717) is 11.8 Å². The summed E-state index contributed by atoms with van der Waals surface area (Å²) in [6.07, 6.45) is -1.50. The first-order valence-corrected chi connectivity index (χ1v) is 6.74. The highest BCUT2D eigenvalue weighted by atomic mass is 32.2. The molecule has 0 atom stereocenters. The molecule has 0 fully saturated rings. The molecule has 0 unspecified atom stereocenters. The molecule has 21 heavy (non-hydrogen) atoms. The molecule has 0 aliphatic rings. The van der Waals surface area contributed by atoms with E-state index in [4.69, 9.17) is 0 Å². The van der Waals surface area contributed by atoms with Crippen molar-refractivity contribution in [1.82, 2.24) is 4.98 Å². The van der Waals surface area contributed by atoms with E-state index < -0.39 is 22.4 Å². The van der Waals surface area contributed by atoms with E-state index in [1.54, 1.807) is 24.5 Å². The molecule has 1 heterocycles. The number of nitro benzene ring substituents is 1. The molecule has 0 saturated carbocycles. The summed E-state index contributed by atoms with van der Waals surface area (Å²) < 4.78 is 38.9. The highest BCUT2D eigenvalue weighted by Gasteiger charge is 2.35. The third-order valence-electron chi connectivity index (χ3n) is 2.60. The van der Waals surface area contributed by atoms with Crippen LogP contribution in [0, 0.1) is 10.1 Å². The van der Waals surface area contributed by atoms with E-state index in [2.05, 4.69) is 4.98 Å². The van der Waals surface area contributed by atoms with Gasteiger partial charge < -0.3 is 0 Å². The molecule has 0 saturated heterocycles. The van der Waals surface area contributed by atoms with Gasteiger partial charge in [-0.3, -0.25) is 15.1 Å². The zero-order chi connectivity index (χ0) is 15.5. The summed E-state index contributed by atoms with van der Waals surface area (Å²) in [5, 5.41) is 10.6. The smallest absolute Gasteiger partial charge is 0.264 e. The molecule has 0 aliphatic carbocycles. The van der Waals surface area contributed by atoms with Crippen LogP contribution < -0.4 is 0 Å². The van der Waals surface area contributed by atoms with Crippen LogP contribution in [0.25, 0.3) is 0 Å². The summed E-state index contributed by atoms with van der Waals surface area (Å²) in [5.74, 6) is 0.300. The fourth-order valence-electron chi connectivity index (χ4n) is 1.62. The molecular formula is C13H9F3N2O2S. The Morgan fingerprint density at radius 1 is 1.29 bits per heavy atom. The Bertz CT molecular complexity index is 648. The minimum atomic E-state index is -4.64. The van der Waals surface area contributed by atoms with E-state index in [-0.39, 0.29) is 4.90 Å². The molecule has 0 N–H and O–H groups in total. The van der Waals surface area contributed by atoms with E-state index >= 15 is 0 Å². The number of nitro groups is 1. The molecule has 0 aliphatic heterocycles. The van der Waals surface area contributed by atoms with Crippen molar-refractivity contribution < 1.29 is 18.1 Å². The van der Waals surface area contributed by atoms with Crippen molar-refractivity contribution >= 4 is 17.4 Å². The molecule has 4 nitrogen and oxygen atoms in total. The van der Waals surface area contributed by atoms with Crippen LogP contribution in [0.4, 0.5) is 18.9 Å². The van der Waals surface area contributed by atoms with E-state index in [9.17, 15) is 23.3 Å². The third kappa shape index (κ3) is 3.94. The number of non-ortho nitro benzene ring substituents is 1. The van der Waals surface area contributed by atoms with Crippen molar-refractivity contribution in [1.29, 1.82) is 0 Å². The van der Waals surface area contributed by atoms with Crippen LogP contribution in [0.2, 0.25) is 0 Å². The fraction of sp³-hybridized carbons (Fsp3) is 0.154. The summed E-state index contributed by atoms with van der Waals surface area (Å²) in [7, 11) is 0. The fourth-order valence-corrected chi connectivity index (χ4v) is 2.61. The Kier molecular flexibility index (Phi) is 4.46. The van der Waals surface area contributed by atoms with Gasteiger partial charge in [0.2, 0.25) is 0 Å². The van der Waals surface area contributed by atoms with Gasteiger partial charge in [0.1, 0.15) is 0 Å². The second kappa shape index (κ2) is 6.13. The summed E-state index contributed by atoms with van der Waals surface area (Å²) in [5.41, 5.74) is -0.798. The van der Waals surface area contributed by atoms with Gasteiger partial charge in [0.25, 0.3) is 5.69 Å². The average molecular weight is 314 g/mol. The average Bonchev–Trinajstić information content (AvgIpc) is 2.45. The van der Waals surface area contributed by atoms with Crippen LogP contribution in [0.5, 0.6) is 0 Å². The lowest BCUT2D eigenvalue weighted by Gasteiger charge is -2.12. The lowest BCUT2D eigenvalue weighted by atomic mass is 10.2. The zero-order valence-corrected chi connectivity index (χ0v) is 11.3. The van der Waals surface area contributed by atoms with Gasteiger partial charge in [-0.25, -0.2) is 0 Å². The molecule has 0 amide bonds. The molecule has 110 valence electrons. The number of hydrogen-bond acceptors (Lipinski definition) is 4. The van der Waals surface area contributed by atoms with Gasteiger partial charge in [0.15, 0.2) is 0 Å². The standard InChI is InChI=1S/C13H9F3N2O2S/c14-13(15,16)11-6-10(18(19)20)3-4-12(11)21-8-9-2-1-5-17-7-9/h1-7H,8H2. The predicted octanol–water partition coefficient (Wildman–Crippen LogP) is 4.30. The molecule has 0 spiro atoms. The number of nitrogens with zero attached hydrogens (tertiary/aromatic N) is 2. The Morgan fingerprint density at radius 2 is 2.05 bits per heavy atom. The zero-order valence-electron chi connectivity index (χ0n) is 10.5. The van der Waals surface area contributed by atoms with Crippen molar-refractivity contribution in [2.75, 3.05) is 0 Å². The SMILES string of the molecule is O=[N+]([O-])c1ccc(SCc2cccnc2)c(C(F)(F)F)c1. The number of hydrogen-bond donors (Lipinski definition) is 0. The van der Waals surface area contributed by atoms with Crippen molar-refractivity contribution in [3.63, 3.8) is 0 Å². The minimum absolute atomic E-state index is 0.0445. The normalized spacial score (nSPS) is 11.4. The number of alkyl halides is 3. The largest absolute Gasteiger partial charge is 0.417 e. The van der Waals surface area contributed by atoms with Crippen molar-refractivity contribution in [3.05, 3.63) is 64.0 Å². The van der Waals surface area contributed by atoms with E-state index in [1.807, 2.05) is 0 Å². The van der Waals surface area contributed by atoms with Gasteiger partial charge in [-0.15, -0.1) is 11.8 Å². The first kappa shape index (κ1) is 15.3. The summed E-state index contributed by atoms with van der Waals surface area (Å²) in [4.78, 5) is 13.6. The molecule has 8 heteroatoms. The molecule has 2 rings (SSSR count). The van der Waals surface area contributed by atoms with Gasteiger partial charge in [0.05, 0.1) is 10.5 Å². The molecule has 1 aromatic carbocycles. The Hall–Kier alpha value is -2.09. The number of pyridine rings is 1. The van der Waals surface area contributed by atoms with Gasteiger partial charge in [-0.1, -0.05) is 6.07 Å². The lowest BCUT2D eigenvalue weighted by Crippen LogP contribution is -2.07. The summed E-state index contributed by atoms with van der Waals surface area (Å²) in [6.45, 7) is 0. The molecule has 0 bridgehead atoms. The second-order valence-corrected chi connectivity index (χ2v) is 5.10. The predicted molar refractivity (Wildman–Crippen MR) is 71.9 cm³/mol. The van der Waals surface area contributed by atoms with Gasteiger partial charge in [-0.2, -0.15) is 13.2 Å². The molecule has 0 radical (unpaired) electrons. The van der Waals surface area contributed by atoms with Crippen LogP contribution in [0.15, 0.2) is 47.6 Å². The van der Waals surface area contributed by atoms with Gasteiger partial charge in [0, 0.05) is 35.2 Å². The number of thioether (sulfide) groups is 1. The first-order valence-electron chi connectivity index (χ1n) is 5.75. The number of halogens is 3. The Balaban J connectivity index is 2.28. The van der Waals surface area contributed by atoms with Crippen molar-refractivity contribution in [2.45, 2.75) is 16.8 Å². The van der Waals surface area contributed by atoms with Crippen LogP contribution in [-0.2, 0) is 11.9 Å². The maximum absolute atomic E-state index is 13.0. The summed E-state index contributed by atoms with van der Waals surface area (Å²) in [6, 6.07) is 6.20. The highest BCUT2D eigenvalue weighted by molar-refractivity contribution is 7.98. The van der Waals surface area contributed by atoms with Crippen LogP contribution in [0.1, 0.15) is 11.1 Å². The monoisotopic (exact) mass is 314 g/mol. The first-order chi connectivity index (χ1) is 9.88. The topological polar surface area (TPSA) is 56.0 Å². The van der Waals surface area contributed by atoms with Crippen molar-refractivity contribution in [2.24, 2.45) is 0 Å². The van der Waals surface area contributed by atoms with Crippen LogP contribution in [0.3, 0.4) is 0 Å². The molecule has 1 aromatic heterocycles. The lowest BCUT2D eigenvalue weighted by molar-refractivity contribution is -0.385. The number of benzene rings is 1. The third-order valence-corrected chi connectivity index (χ3v) is 3.74. The Morgan fingerprint density at radius 3 is 2.62 bits per heavy atom. The maximum Gasteiger partial charge on any atom is 0.417 e. The van der Waals surface area contributed by atoms with E-state index in [0.717, 1.165) is 29.5 Å². The van der Waals surface area contributed by atoms with E-state index in [1.165, 1.54) is 0 Å².